The third-order valence-corrected chi connectivity index (χ3v) is 4.06. The summed E-state index contributed by atoms with van der Waals surface area (Å²) in [4.78, 5) is 2.65. The highest BCUT2D eigenvalue weighted by atomic mass is 15.3. The molecule has 2 bridgehead atoms. The molecule has 1 saturated carbocycles. The predicted molar refractivity (Wildman–Crippen MR) is 44.2 cm³/mol. The molecule has 0 radical (unpaired) electrons. The van der Waals surface area contributed by atoms with Gasteiger partial charge in [-0.1, -0.05) is 0 Å². The van der Waals surface area contributed by atoms with Crippen LogP contribution in [-0.4, -0.2) is 29.6 Å². The summed E-state index contributed by atoms with van der Waals surface area (Å²) in [6, 6.07) is 0.519. The zero-order valence-corrected chi connectivity index (χ0v) is 6.92. The highest BCUT2D eigenvalue weighted by molar-refractivity contribution is 5.17. The Hall–Kier alpha value is -0.0800. The van der Waals surface area contributed by atoms with E-state index in [1.54, 1.807) is 0 Å². The van der Waals surface area contributed by atoms with Gasteiger partial charge in [-0.3, -0.25) is 4.90 Å². The molecule has 2 nitrogen and oxygen atoms in total. The molecule has 3 aliphatic heterocycles. The van der Waals surface area contributed by atoms with E-state index in [0.29, 0.717) is 11.6 Å². The molecule has 4 aliphatic rings. The molecule has 2 heteroatoms. The van der Waals surface area contributed by atoms with Crippen LogP contribution in [0.3, 0.4) is 0 Å². The minimum Gasteiger partial charge on any atom is -0.326 e. The molecular formula is C9H16N2. The van der Waals surface area contributed by atoms with Gasteiger partial charge in [-0.2, -0.15) is 0 Å². The van der Waals surface area contributed by atoms with Crippen molar-refractivity contribution in [3.05, 3.63) is 0 Å². The van der Waals surface area contributed by atoms with Gasteiger partial charge in [0, 0.05) is 11.6 Å². The van der Waals surface area contributed by atoms with Crippen LogP contribution >= 0.6 is 0 Å². The van der Waals surface area contributed by atoms with Gasteiger partial charge in [0.15, 0.2) is 0 Å². The average Bonchev–Trinajstić information content (AvgIpc) is 2.82. The fourth-order valence-electron chi connectivity index (χ4n) is 3.13. The van der Waals surface area contributed by atoms with Gasteiger partial charge in [0.05, 0.1) is 0 Å². The Kier molecular flexibility index (Phi) is 1.06. The van der Waals surface area contributed by atoms with Gasteiger partial charge in [-0.15, -0.1) is 0 Å². The Morgan fingerprint density at radius 2 is 1.82 bits per heavy atom. The zero-order valence-electron chi connectivity index (χ0n) is 6.92. The molecule has 1 atom stereocenters. The number of fused-ring (bicyclic) bond motifs is 2. The lowest BCUT2D eigenvalue weighted by atomic mass is 9.77. The van der Waals surface area contributed by atoms with Gasteiger partial charge >= 0.3 is 0 Å². The van der Waals surface area contributed by atoms with Crippen molar-refractivity contribution in [1.82, 2.24) is 4.90 Å². The van der Waals surface area contributed by atoms with E-state index in [4.69, 9.17) is 5.73 Å². The molecule has 1 aliphatic carbocycles. The second-order valence-corrected chi connectivity index (χ2v) is 4.45. The fraction of sp³-hybridized carbons (Fsp3) is 1.00. The highest BCUT2D eigenvalue weighted by Crippen LogP contribution is 2.52. The Morgan fingerprint density at radius 1 is 1.18 bits per heavy atom. The Morgan fingerprint density at radius 3 is 2.18 bits per heavy atom. The minimum absolute atomic E-state index is 0.515. The standard InChI is InChI=1S/C9H16N2/c10-8-7-1-5-11(6-2-7)9(8)3-4-9/h7-8H,1-6,10H2/t8-/m0/s1. The number of hydrogen-bond donors (Lipinski definition) is 1. The fourth-order valence-corrected chi connectivity index (χ4v) is 3.13. The second-order valence-electron chi connectivity index (χ2n) is 4.45. The lowest BCUT2D eigenvalue weighted by molar-refractivity contribution is 0.0125. The molecule has 0 unspecified atom stereocenters. The molecule has 0 amide bonds. The third-order valence-electron chi connectivity index (χ3n) is 4.06. The van der Waals surface area contributed by atoms with Crippen molar-refractivity contribution in [2.75, 3.05) is 13.1 Å². The van der Waals surface area contributed by atoms with Crippen molar-refractivity contribution >= 4 is 0 Å². The number of hydrogen-bond acceptors (Lipinski definition) is 2. The minimum atomic E-state index is 0.515. The Bertz CT molecular complexity index is 174. The maximum atomic E-state index is 6.22. The second kappa shape index (κ2) is 1.80. The normalized spacial score (nSPS) is 51.5. The van der Waals surface area contributed by atoms with Crippen LogP contribution in [0, 0.1) is 5.92 Å². The van der Waals surface area contributed by atoms with Crippen LogP contribution in [0.25, 0.3) is 0 Å². The van der Waals surface area contributed by atoms with Crippen LogP contribution < -0.4 is 5.73 Å². The van der Waals surface area contributed by atoms with Crippen LogP contribution in [0.1, 0.15) is 25.7 Å². The maximum Gasteiger partial charge on any atom is 0.0364 e. The van der Waals surface area contributed by atoms with Crippen molar-refractivity contribution in [2.45, 2.75) is 37.3 Å². The summed E-state index contributed by atoms with van der Waals surface area (Å²) < 4.78 is 0. The summed E-state index contributed by atoms with van der Waals surface area (Å²) in [5.74, 6) is 0.863. The molecule has 1 spiro atoms. The zero-order chi connectivity index (χ0) is 7.47. The first kappa shape index (κ1) is 6.44. The average molecular weight is 152 g/mol. The summed E-state index contributed by atoms with van der Waals surface area (Å²) in [7, 11) is 0. The molecule has 62 valence electrons. The van der Waals surface area contributed by atoms with Crippen LogP contribution in [0.5, 0.6) is 0 Å². The lowest BCUT2D eigenvalue weighted by Crippen LogP contribution is -2.63. The molecule has 2 N–H and O–H groups in total. The number of piperidine rings is 3. The molecule has 11 heavy (non-hydrogen) atoms. The number of nitrogens with zero attached hydrogens (tertiary/aromatic N) is 1. The molecule has 0 aromatic rings. The van der Waals surface area contributed by atoms with Crippen LogP contribution in [0.2, 0.25) is 0 Å². The molecule has 4 fully saturated rings. The van der Waals surface area contributed by atoms with Gasteiger partial charge in [0.1, 0.15) is 0 Å². The molecule has 3 heterocycles. The summed E-state index contributed by atoms with van der Waals surface area (Å²) >= 11 is 0. The first-order valence-electron chi connectivity index (χ1n) is 4.84. The van der Waals surface area contributed by atoms with Crippen molar-refractivity contribution in [2.24, 2.45) is 11.7 Å². The van der Waals surface area contributed by atoms with E-state index in [0.717, 1.165) is 5.92 Å². The first-order chi connectivity index (χ1) is 5.33. The van der Waals surface area contributed by atoms with E-state index < -0.39 is 0 Å². The summed E-state index contributed by atoms with van der Waals surface area (Å²) in [5.41, 5.74) is 6.73. The van der Waals surface area contributed by atoms with Crippen LogP contribution in [-0.2, 0) is 0 Å². The molecule has 0 aromatic heterocycles. The quantitative estimate of drug-likeness (QED) is 0.550. The van der Waals surface area contributed by atoms with E-state index in [-0.39, 0.29) is 0 Å². The summed E-state index contributed by atoms with van der Waals surface area (Å²) in [6.45, 7) is 2.66. The van der Waals surface area contributed by atoms with Crippen molar-refractivity contribution in [1.29, 1.82) is 0 Å². The molecular weight excluding hydrogens is 136 g/mol. The summed E-state index contributed by atoms with van der Waals surface area (Å²) in [6.07, 6.45) is 5.49. The van der Waals surface area contributed by atoms with E-state index in [1.807, 2.05) is 0 Å². The van der Waals surface area contributed by atoms with E-state index in [9.17, 15) is 0 Å². The van der Waals surface area contributed by atoms with Gasteiger partial charge in [0.25, 0.3) is 0 Å². The number of rotatable bonds is 0. The van der Waals surface area contributed by atoms with Crippen molar-refractivity contribution < 1.29 is 0 Å². The topological polar surface area (TPSA) is 29.3 Å². The monoisotopic (exact) mass is 152 g/mol. The SMILES string of the molecule is N[C@H]1C2CCN(CC2)C12CC2. The largest absolute Gasteiger partial charge is 0.326 e. The van der Waals surface area contributed by atoms with Gasteiger partial charge in [0.2, 0.25) is 0 Å². The predicted octanol–water partition coefficient (Wildman–Crippen LogP) is 0.572. The van der Waals surface area contributed by atoms with Crippen molar-refractivity contribution in [3.8, 4) is 0 Å². The summed E-state index contributed by atoms with van der Waals surface area (Å²) in [5, 5.41) is 0. The van der Waals surface area contributed by atoms with Crippen LogP contribution in [0.15, 0.2) is 0 Å². The Labute approximate surface area is 67.7 Å². The lowest BCUT2D eigenvalue weighted by Gasteiger charge is -2.50. The highest BCUT2D eigenvalue weighted by Gasteiger charge is 2.58. The third kappa shape index (κ3) is 0.651. The molecule has 0 aromatic carbocycles. The van der Waals surface area contributed by atoms with Gasteiger partial charge in [-0.25, -0.2) is 0 Å². The number of nitrogens with two attached hydrogens (primary N) is 1. The van der Waals surface area contributed by atoms with Gasteiger partial charge < -0.3 is 5.73 Å². The molecule has 4 rings (SSSR count). The van der Waals surface area contributed by atoms with Crippen LogP contribution in [0.4, 0.5) is 0 Å². The van der Waals surface area contributed by atoms with E-state index in [2.05, 4.69) is 4.90 Å². The van der Waals surface area contributed by atoms with E-state index >= 15 is 0 Å². The smallest absolute Gasteiger partial charge is 0.0364 e. The maximum absolute atomic E-state index is 6.22. The first-order valence-corrected chi connectivity index (χ1v) is 4.84. The molecule has 3 saturated heterocycles. The Balaban J connectivity index is 1.95. The van der Waals surface area contributed by atoms with Gasteiger partial charge in [-0.05, 0) is 44.7 Å². The van der Waals surface area contributed by atoms with Crippen molar-refractivity contribution in [3.63, 3.8) is 0 Å². The van der Waals surface area contributed by atoms with E-state index in [1.165, 1.54) is 38.8 Å².